The smallest absolute Gasteiger partial charge is 0.243 e. The van der Waals surface area contributed by atoms with E-state index in [1.807, 2.05) is 43.0 Å². The van der Waals surface area contributed by atoms with Gasteiger partial charge in [-0.05, 0) is 51.0 Å². The number of carbonyl (C=O) groups excluding carboxylic acids is 1. The number of aryl methyl sites for hydroxylation is 2. The second kappa shape index (κ2) is 9.54. The van der Waals surface area contributed by atoms with Gasteiger partial charge in [-0.3, -0.25) is 4.79 Å². The normalized spacial score (nSPS) is 19.8. The lowest BCUT2D eigenvalue weighted by atomic mass is 9.97. The SMILES string of the molecule is Cc1ccc(S(=O)(=O)N2CCCC(C(=O)N3CCN(c4nc(C)nc5ccccc45)CC3)C2)cc1. The van der Waals surface area contributed by atoms with E-state index in [-0.39, 0.29) is 23.3 Å². The third kappa shape index (κ3) is 4.75. The molecule has 2 aliphatic rings. The van der Waals surface area contributed by atoms with Crippen molar-refractivity contribution >= 4 is 32.7 Å². The number of nitrogens with zero attached hydrogens (tertiary/aromatic N) is 5. The summed E-state index contributed by atoms with van der Waals surface area (Å²) in [6.45, 7) is 7.08. The van der Waals surface area contributed by atoms with Crippen LogP contribution in [0.3, 0.4) is 0 Å². The first-order chi connectivity index (χ1) is 16.8. The van der Waals surface area contributed by atoms with Crippen LogP contribution in [0, 0.1) is 19.8 Å². The zero-order valence-corrected chi connectivity index (χ0v) is 21.0. The Kier molecular flexibility index (Phi) is 6.46. The molecule has 0 radical (unpaired) electrons. The highest BCUT2D eigenvalue weighted by molar-refractivity contribution is 7.89. The van der Waals surface area contributed by atoms with Gasteiger partial charge in [0.2, 0.25) is 15.9 Å². The molecule has 2 fully saturated rings. The highest BCUT2D eigenvalue weighted by Crippen LogP contribution is 2.28. The lowest BCUT2D eigenvalue weighted by Crippen LogP contribution is -2.53. The van der Waals surface area contributed by atoms with Crippen LogP contribution in [0.2, 0.25) is 0 Å². The number of anilines is 1. The van der Waals surface area contributed by atoms with Crippen LogP contribution >= 0.6 is 0 Å². The van der Waals surface area contributed by atoms with Gasteiger partial charge < -0.3 is 9.80 Å². The highest BCUT2D eigenvalue weighted by Gasteiger charge is 2.36. The fourth-order valence-electron chi connectivity index (χ4n) is 5.03. The first kappa shape index (κ1) is 23.7. The Labute approximate surface area is 206 Å². The Hall–Kier alpha value is -3.04. The number of benzene rings is 2. The van der Waals surface area contributed by atoms with Gasteiger partial charge in [0.05, 0.1) is 16.3 Å². The van der Waals surface area contributed by atoms with Crippen LogP contribution < -0.4 is 4.90 Å². The van der Waals surface area contributed by atoms with Crippen molar-refractivity contribution in [3.8, 4) is 0 Å². The lowest BCUT2D eigenvalue weighted by molar-refractivity contribution is -0.137. The molecule has 184 valence electrons. The van der Waals surface area contributed by atoms with E-state index in [4.69, 9.17) is 4.98 Å². The number of hydrogen-bond acceptors (Lipinski definition) is 6. The summed E-state index contributed by atoms with van der Waals surface area (Å²) in [7, 11) is -3.61. The second-order valence-corrected chi connectivity index (χ2v) is 11.4. The number of amides is 1. The Morgan fingerprint density at radius 2 is 1.63 bits per heavy atom. The minimum atomic E-state index is -3.61. The zero-order chi connectivity index (χ0) is 24.6. The molecule has 35 heavy (non-hydrogen) atoms. The molecular weight excluding hydrogens is 462 g/mol. The van der Waals surface area contributed by atoms with Crippen molar-refractivity contribution in [1.82, 2.24) is 19.2 Å². The number of carbonyl (C=O) groups is 1. The van der Waals surface area contributed by atoms with Crippen LogP contribution in [0.5, 0.6) is 0 Å². The summed E-state index contributed by atoms with van der Waals surface area (Å²) in [5.74, 6) is 1.39. The molecular formula is C26H31N5O3S. The number of hydrogen-bond donors (Lipinski definition) is 0. The van der Waals surface area contributed by atoms with E-state index >= 15 is 0 Å². The molecule has 2 aromatic carbocycles. The third-order valence-electron chi connectivity index (χ3n) is 6.98. The molecule has 0 N–H and O–H groups in total. The average molecular weight is 494 g/mol. The van der Waals surface area contributed by atoms with Gasteiger partial charge in [-0.15, -0.1) is 0 Å². The standard InChI is InChI=1S/C26H31N5O3S/c1-19-9-11-22(12-10-19)35(33,34)31-13-5-6-21(18-31)26(32)30-16-14-29(15-17-30)25-23-7-3-4-8-24(23)27-20(2)28-25/h3-4,7-12,21H,5-6,13-18H2,1-2H3. The van der Waals surface area contributed by atoms with Gasteiger partial charge in [0.25, 0.3) is 0 Å². The molecule has 0 saturated carbocycles. The van der Waals surface area contributed by atoms with Gasteiger partial charge in [0.15, 0.2) is 0 Å². The van der Waals surface area contributed by atoms with Gasteiger partial charge in [-0.2, -0.15) is 4.31 Å². The largest absolute Gasteiger partial charge is 0.352 e. The van der Waals surface area contributed by atoms with E-state index in [1.54, 1.807) is 24.3 Å². The predicted octanol–water partition coefficient (Wildman–Crippen LogP) is 3.00. The maximum Gasteiger partial charge on any atom is 0.243 e. The first-order valence-corrected chi connectivity index (χ1v) is 13.6. The molecule has 2 aliphatic heterocycles. The van der Waals surface area contributed by atoms with Crippen LogP contribution in [0.15, 0.2) is 53.4 Å². The molecule has 0 bridgehead atoms. The Balaban J connectivity index is 1.25. The quantitative estimate of drug-likeness (QED) is 0.555. The zero-order valence-electron chi connectivity index (χ0n) is 20.2. The van der Waals surface area contributed by atoms with Crippen molar-refractivity contribution in [2.75, 3.05) is 44.2 Å². The van der Waals surface area contributed by atoms with E-state index in [1.165, 1.54) is 4.31 Å². The third-order valence-corrected chi connectivity index (χ3v) is 8.86. The summed E-state index contributed by atoms with van der Waals surface area (Å²) in [5.41, 5.74) is 1.94. The van der Waals surface area contributed by atoms with E-state index in [9.17, 15) is 13.2 Å². The van der Waals surface area contributed by atoms with E-state index in [0.717, 1.165) is 28.1 Å². The average Bonchev–Trinajstić information content (AvgIpc) is 2.88. The van der Waals surface area contributed by atoms with E-state index < -0.39 is 10.0 Å². The van der Waals surface area contributed by atoms with Crippen molar-refractivity contribution in [1.29, 1.82) is 0 Å². The van der Waals surface area contributed by atoms with Crippen LogP contribution in [0.25, 0.3) is 10.9 Å². The van der Waals surface area contributed by atoms with Gasteiger partial charge in [0.1, 0.15) is 11.6 Å². The van der Waals surface area contributed by atoms with Crippen molar-refractivity contribution in [3.05, 3.63) is 59.9 Å². The number of fused-ring (bicyclic) bond motifs is 1. The second-order valence-electron chi connectivity index (χ2n) is 9.44. The molecule has 0 spiro atoms. The van der Waals surface area contributed by atoms with E-state index in [0.29, 0.717) is 45.6 Å². The fraction of sp³-hybridized carbons (Fsp3) is 0.423. The van der Waals surface area contributed by atoms with Crippen LogP contribution in [0.4, 0.5) is 5.82 Å². The molecule has 1 atom stereocenters. The van der Waals surface area contributed by atoms with Crippen LogP contribution in [-0.2, 0) is 14.8 Å². The summed E-state index contributed by atoms with van der Waals surface area (Å²) in [4.78, 5) is 27.0. The van der Waals surface area contributed by atoms with E-state index in [2.05, 4.69) is 9.88 Å². The summed E-state index contributed by atoms with van der Waals surface area (Å²) in [5, 5.41) is 1.02. The molecule has 3 heterocycles. The molecule has 3 aromatic rings. The molecule has 8 nitrogen and oxygen atoms in total. The molecule has 1 unspecified atom stereocenters. The first-order valence-electron chi connectivity index (χ1n) is 12.2. The monoisotopic (exact) mass is 493 g/mol. The lowest BCUT2D eigenvalue weighted by Gasteiger charge is -2.39. The van der Waals surface area contributed by atoms with Crippen LogP contribution in [-0.4, -0.2) is 72.8 Å². The Morgan fingerprint density at radius 3 is 2.37 bits per heavy atom. The molecule has 5 rings (SSSR count). The maximum atomic E-state index is 13.4. The molecule has 1 aromatic heterocycles. The number of sulfonamides is 1. The molecule has 9 heteroatoms. The van der Waals surface area contributed by atoms with Crippen molar-refractivity contribution in [3.63, 3.8) is 0 Å². The van der Waals surface area contributed by atoms with Crippen molar-refractivity contribution < 1.29 is 13.2 Å². The maximum absolute atomic E-state index is 13.4. The molecule has 0 aliphatic carbocycles. The Morgan fingerprint density at radius 1 is 0.914 bits per heavy atom. The minimum absolute atomic E-state index is 0.0529. The topological polar surface area (TPSA) is 86.7 Å². The predicted molar refractivity (Wildman–Crippen MR) is 136 cm³/mol. The van der Waals surface area contributed by atoms with Crippen molar-refractivity contribution in [2.24, 2.45) is 5.92 Å². The summed E-state index contributed by atoms with van der Waals surface area (Å²) < 4.78 is 27.8. The number of rotatable bonds is 4. The number of piperidine rings is 1. The number of para-hydroxylation sites is 1. The van der Waals surface area contributed by atoms with Crippen molar-refractivity contribution in [2.45, 2.75) is 31.6 Å². The summed E-state index contributed by atoms with van der Waals surface area (Å²) in [6.07, 6.45) is 1.41. The van der Waals surface area contributed by atoms with Crippen LogP contribution in [0.1, 0.15) is 24.2 Å². The summed E-state index contributed by atoms with van der Waals surface area (Å²) >= 11 is 0. The number of piperazine rings is 1. The molecule has 1 amide bonds. The fourth-order valence-corrected chi connectivity index (χ4v) is 6.56. The summed E-state index contributed by atoms with van der Waals surface area (Å²) in [6, 6.07) is 14.9. The minimum Gasteiger partial charge on any atom is -0.352 e. The Bertz CT molecular complexity index is 1330. The highest BCUT2D eigenvalue weighted by atomic mass is 32.2. The van der Waals surface area contributed by atoms with Gasteiger partial charge in [-0.25, -0.2) is 18.4 Å². The molecule has 2 saturated heterocycles. The number of aromatic nitrogens is 2. The van der Waals surface area contributed by atoms with Gasteiger partial charge >= 0.3 is 0 Å². The van der Waals surface area contributed by atoms with Gasteiger partial charge in [-0.1, -0.05) is 29.8 Å². The van der Waals surface area contributed by atoms with Gasteiger partial charge in [0, 0.05) is 44.7 Å².